The van der Waals surface area contributed by atoms with Crippen molar-refractivity contribution in [1.82, 2.24) is 20.3 Å². The van der Waals surface area contributed by atoms with Crippen molar-refractivity contribution in [3.63, 3.8) is 0 Å². The van der Waals surface area contributed by atoms with Gasteiger partial charge in [0.25, 0.3) is 0 Å². The lowest BCUT2D eigenvalue weighted by Crippen LogP contribution is -2.45. The van der Waals surface area contributed by atoms with Gasteiger partial charge in [-0.05, 0) is 37.5 Å². The standard InChI is InChI=1S/C24H32N4O4S/c1-19-11-13-21(14-12-19)33(31,32)26-16-15-25-24(30)27-22(20-8-4-2-5-9-20)18-28-17-7-3-6-10-23(28)29/h2,4-5,8-9,11-14,22,26H,3,6-7,10,15-18H2,1H3,(H2,25,27,30). The second kappa shape index (κ2) is 11.8. The molecular weight excluding hydrogens is 440 g/mol. The summed E-state index contributed by atoms with van der Waals surface area (Å²) < 4.78 is 27.2. The molecule has 1 fully saturated rings. The van der Waals surface area contributed by atoms with Gasteiger partial charge in [0.15, 0.2) is 0 Å². The van der Waals surface area contributed by atoms with Crippen molar-refractivity contribution in [2.45, 2.75) is 43.5 Å². The van der Waals surface area contributed by atoms with Gasteiger partial charge in [-0.25, -0.2) is 17.9 Å². The molecule has 3 rings (SSSR count). The van der Waals surface area contributed by atoms with Gasteiger partial charge in [0.1, 0.15) is 0 Å². The van der Waals surface area contributed by atoms with E-state index < -0.39 is 16.1 Å². The van der Waals surface area contributed by atoms with Crippen molar-refractivity contribution < 1.29 is 18.0 Å². The summed E-state index contributed by atoms with van der Waals surface area (Å²) >= 11 is 0. The van der Waals surface area contributed by atoms with Crippen LogP contribution in [0.2, 0.25) is 0 Å². The molecule has 1 aliphatic heterocycles. The van der Waals surface area contributed by atoms with Gasteiger partial charge in [-0.2, -0.15) is 0 Å². The summed E-state index contributed by atoms with van der Waals surface area (Å²) in [5, 5.41) is 5.63. The van der Waals surface area contributed by atoms with E-state index in [0.29, 0.717) is 19.5 Å². The van der Waals surface area contributed by atoms with Crippen molar-refractivity contribution in [3.8, 4) is 0 Å². The van der Waals surface area contributed by atoms with Gasteiger partial charge in [0.05, 0.1) is 10.9 Å². The van der Waals surface area contributed by atoms with Gasteiger partial charge in [-0.15, -0.1) is 0 Å². The molecule has 8 nitrogen and oxygen atoms in total. The predicted octanol–water partition coefficient (Wildman–Crippen LogP) is 2.72. The van der Waals surface area contributed by atoms with Crippen molar-refractivity contribution in [1.29, 1.82) is 0 Å². The number of carbonyl (C=O) groups excluding carboxylic acids is 2. The van der Waals surface area contributed by atoms with E-state index in [4.69, 9.17) is 0 Å². The molecule has 1 heterocycles. The fourth-order valence-corrected chi connectivity index (χ4v) is 4.78. The van der Waals surface area contributed by atoms with Gasteiger partial charge in [-0.3, -0.25) is 4.79 Å². The van der Waals surface area contributed by atoms with Crippen LogP contribution in [0.25, 0.3) is 0 Å². The van der Waals surface area contributed by atoms with Crippen LogP contribution in [-0.2, 0) is 14.8 Å². The zero-order chi connectivity index (χ0) is 23.7. The van der Waals surface area contributed by atoms with Gasteiger partial charge in [-0.1, -0.05) is 54.4 Å². The number of aryl methyl sites for hydroxylation is 1. The minimum absolute atomic E-state index is 0.0598. The zero-order valence-electron chi connectivity index (χ0n) is 18.9. The zero-order valence-corrected chi connectivity index (χ0v) is 19.7. The highest BCUT2D eigenvalue weighted by atomic mass is 32.2. The highest BCUT2D eigenvalue weighted by molar-refractivity contribution is 7.89. The molecule has 3 N–H and O–H groups in total. The monoisotopic (exact) mass is 472 g/mol. The van der Waals surface area contributed by atoms with E-state index in [1.54, 1.807) is 24.3 Å². The summed E-state index contributed by atoms with van der Waals surface area (Å²) in [6.45, 7) is 3.16. The molecule has 9 heteroatoms. The van der Waals surface area contributed by atoms with Gasteiger partial charge in [0, 0.05) is 32.6 Å². The summed E-state index contributed by atoms with van der Waals surface area (Å²) in [6, 6.07) is 15.3. The van der Waals surface area contributed by atoms with E-state index in [0.717, 1.165) is 30.4 Å². The Hall–Kier alpha value is -2.91. The lowest BCUT2D eigenvalue weighted by molar-refractivity contribution is -0.131. The van der Waals surface area contributed by atoms with Crippen LogP contribution in [0, 0.1) is 6.92 Å². The molecule has 33 heavy (non-hydrogen) atoms. The Morgan fingerprint density at radius 1 is 1.00 bits per heavy atom. The van der Waals surface area contributed by atoms with E-state index in [2.05, 4.69) is 15.4 Å². The lowest BCUT2D eigenvalue weighted by atomic mass is 10.1. The first-order valence-electron chi connectivity index (χ1n) is 11.3. The third kappa shape index (κ3) is 7.57. The molecule has 0 bridgehead atoms. The van der Waals surface area contributed by atoms with E-state index in [9.17, 15) is 18.0 Å². The fourth-order valence-electron chi connectivity index (χ4n) is 3.74. The van der Waals surface area contributed by atoms with E-state index >= 15 is 0 Å². The third-order valence-corrected chi connectivity index (χ3v) is 7.09. The number of benzene rings is 2. The average molecular weight is 473 g/mol. The molecule has 0 spiro atoms. The van der Waals surface area contributed by atoms with Crippen molar-refractivity contribution in [3.05, 3.63) is 65.7 Å². The Kier molecular flexibility index (Phi) is 8.85. The summed E-state index contributed by atoms with van der Waals surface area (Å²) in [4.78, 5) is 27.0. The number of carbonyl (C=O) groups is 2. The molecule has 1 atom stereocenters. The average Bonchev–Trinajstić information content (AvgIpc) is 3.01. The molecule has 1 aliphatic rings. The van der Waals surface area contributed by atoms with Crippen molar-refractivity contribution in [2.75, 3.05) is 26.2 Å². The first-order chi connectivity index (χ1) is 15.8. The van der Waals surface area contributed by atoms with Crippen LogP contribution in [0.15, 0.2) is 59.5 Å². The molecular formula is C24H32N4O4S. The maximum atomic E-state index is 12.5. The largest absolute Gasteiger partial charge is 0.340 e. The number of likely N-dealkylation sites (tertiary alicyclic amines) is 1. The Labute approximate surface area is 195 Å². The van der Waals surface area contributed by atoms with Crippen molar-refractivity contribution in [2.24, 2.45) is 0 Å². The molecule has 0 radical (unpaired) electrons. The SMILES string of the molecule is Cc1ccc(S(=O)(=O)NCCNC(=O)NC(CN2CCCCCC2=O)c2ccccc2)cc1. The summed E-state index contributed by atoms with van der Waals surface area (Å²) in [5.41, 5.74) is 1.88. The van der Waals surface area contributed by atoms with Crippen LogP contribution >= 0.6 is 0 Å². The Bertz CT molecular complexity index is 1030. The van der Waals surface area contributed by atoms with Crippen LogP contribution in [0.3, 0.4) is 0 Å². The van der Waals surface area contributed by atoms with Gasteiger partial charge < -0.3 is 15.5 Å². The summed E-state index contributed by atoms with van der Waals surface area (Å²) in [5.74, 6) is 0.112. The van der Waals surface area contributed by atoms with E-state index in [1.165, 1.54) is 0 Å². The number of urea groups is 1. The van der Waals surface area contributed by atoms with Crippen LogP contribution in [0.1, 0.15) is 42.9 Å². The summed E-state index contributed by atoms with van der Waals surface area (Å²) in [7, 11) is -3.64. The second-order valence-corrected chi connectivity index (χ2v) is 9.99. The van der Waals surface area contributed by atoms with Crippen molar-refractivity contribution >= 4 is 22.0 Å². The number of sulfonamides is 1. The molecule has 1 unspecified atom stereocenters. The number of nitrogens with zero attached hydrogens (tertiary/aromatic N) is 1. The third-order valence-electron chi connectivity index (χ3n) is 5.62. The Balaban J connectivity index is 1.53. The maximum Gasteiger partial charge on any atom is 0.315 e. The molecule has 3 amide bonds. The molecule has 0 aliphatic carbocycles. The highest BCUT2D eigenvalue weighted by Gasteiger charge is 2.23. The number of nitrogens with one attached hydrogen (secondary N) is 3. The van der Waals surface area contributed by atoms with Crippen LogP contribution in [0.5, 0.6) is 0 Å². The second-order valence-electron chi connectivity index (χ2n) is 8.22. The lowest BCUT2D eigenvalue weighted by Gasteiger charge is -2.27. The van der Waals surface area contributed by atoms with E-state index in [-0.39, 0.29) is 29.9 Å². The van der Waals surface area contributed by atoms with Crippen LogP contribution in [-0.4, -0.2) is 51.4 Å². The van der Waals surface area contributed by atoms with Gasteiger partial charge >= 0.3 is 6.03 Å². The number of hydrogen-bond donors (Lipinski definition) is 3. The molecule has 1 saturated heterocycles. The van der Waals surface area contributed by atoms with Crippen LogP contribution < -0.4 is 15.4 Å². The minimum atomic E-state index is -3.64. The Morgan fingerprint density at radius 3 is 2.45 bits per heavy atom. The predicted molar refractivity (Wildman–Crippen MR) is 127 cm³/mol. The smallest absolute Gasteiger partial charge is 0.315 e. The molecule has 0 aromatic heterocycles. The Morgan fingerprint density at radius 2 is 1.73 bits per heavy atom. The topological polar surface area (TPSA) is 108 Å². The molecule has 2 aromatic rings. The summed E-state index contributed by atoms with van der Waals surface area (Å²) in [6.07, 6.45) is 3.43. The number of amides is 3. The molecule has 178 valence electrons. The fraction of sp³-hybridized carbons (Fsp3) is 0.417. The number of rotatable bonds is 9. The quantitative estimate of drug-likeness (QED) is 0.488. The molecule has 0 saturated carbocycles. The first kappa shape index (κ1) is 24.7. The normalized spacial score (nSPS) is 15.5. The molecule has 2 aromatic carbocycles. The first-order valence-corrected chi connectivity index (χ1v) is 12.8. The highest BCUT2D eigenvalue weighted by Crippen LogP contribution is 2.18. The van der Waals surface area contributed by atoms with E-state index in [1.807, 2.05) is 42.2 Å². The van der Waals surface area contributed by atoms with Gasteiger partial charge in [0.2, 0.25) is 15.9 Å². The number of hydrogen-bond acceptors (Lipinski definition) is 4. The van der Waals surface area contributed by atoms with Crippen LogP contribution in [0.4, 0.5) is 4.79 Å². The maximum absolute atomic E-state index is 12.5. The minimum Gasteiger partial charge on any atom is -0.340 e.